The summed E-state index contributed by atoms with van der Waals surface area (Å²) in [5.74, 6) is 0.282. The third-order valence-electron chi connectivity index (χ3n) is 3.33. The van der Waals surface area contributed by atoms with Gasteiger partial charge in [0.25, 0.3) is 0 Å². The Labute approximate surface area is 108 Å². The molecule has 0 aliphatic carbocycles. The van der Waals surface area contributed by atoms with Crippen molar-refractivity contribution >= 4 is 17.3 Å². The normalized spacial score (nSPS) is 15.8. The molecule has 0 unspecified atom stereocenters. The van der Waals surface area contributed by atoms with Gasteiger partial charge in [0.15, 0.2) is 0 Å². The van der Waals surface area contributed by atoms with Crippen LogP contribution in [0.25, 0.3) is 0 Å². The first-order chi connectivity index (χ1) is 8.70. The molecule has 1 aliphatic rings. The monoisotopic (exact) mass is 247 g/mol. The van der Waals surface area contributed by atoms with Crippen molar-refractivity contribution in [1.82, 2.24) is 4.90 Å². The van der Waals surface area contributed by atoms with E-state index in [9.17, 15) is 4.79 Å². The smallest absolute Gasteiger partial charge is 0.222 e. The van der Waals surface area contributed by atoms with Crippen molar-refractivity contribution < 1.29 is 4.79 Å². The summed E-state index contributed by atoms with van der Waals surface area (Å²) in [6, 6.07) is 7.92. The highest BCUT2D eigenvalue weighted by Crippen LogP contribution is 2.19. The Balaban J connectivity index is 1.92. The van der Waals surface area contributed by atoms with Gasteiger partial charge in [0, 0.05) is 44.0 Å². The molecular weight excluding hydrogens is 226 g/mol. The molecule has 2 N–H and O–H groups in total. The van der Waals surface area contributed by atoms with Gasteiger partial charge in [-0.25, -0.2) is 0 Å². The Bertz CT molecular complexity index is 411. The Hall–Kier alpha value is -1.71. The maximum absolute atomic E-state index is 11.8. The van der Waals surface area contributed by atoms with Gasteiger partial charge in [-0.3, -0.25) is 4.79 Å². The van der Waals surface area contributed by atoms with Gasteiger partial charge in [-0.05, 0) is 24.6 Å². The number of benzene rings is 1. The van der Waals surface area contributed by atoms with Crippen LogP contribution < -0.4 is 10.6 Å². The largest absolute Gasteiger partial charge is 0.399 e. The molecule has 1 amide bonds. The lowest BCUT2D eigenvalue weighted by molar-refractivity contribution is -0.131. The maximum Gasteiger partial charge on any atom is 0.222 e. The summed E-state index contributed by atoms with van der Waals surface area (Å²) < 4.78 is 0. The van der Waals surface area contributed by atoms with Crippen LogP contribution in [-0.4, -0.2) is 37.0 Å². The van der Waals surface area contributed by atoms with E-state index in [1.165, 1.54) is 0 Å². The zero-order valence-corrected chi connectivity index (χ0v) is 10.9. The minimum absolute atomic E-state index is 0.282. The van der Waals surface area contributed by atoms with E-state index >= 15 is 0 Å². The summed E-state index contributed by atoms with van der Waals surface area (Å²) in [6.07, 6.45) is 1.59. The van der Waals surface area contributed by atoms with Gasteiger partial charge in [0.2, 0.25) is 5.91 Å². The summed E-state index contributed by atoms with van der Waals surface area (Å²) in [5.41, 5.74) is 7.73. The molecule has 1 saturated heterocycles. The van der Waals surface area contributed by atoms with E-state index < -0.39 is 0 Å². The fourth-order valence-corrected chi connectivity index (χ4v) is 2.31. The highest BCUT2D eigenvalue weighted by molar-refractivity contribution is 5.76. The Morgan fingerprint density at radius 3 is 2.61 bits per heavy atom. The molecule has 0 aromatic heterocycles. The van der Waals surface area contributed by atoms with Crippen molar-refractivity contribution in [1.29, 1.82) is 0 Å². The molecule has 0 radical (unpaired) electrons. The molecule has 0 spiro atoms. The van der Waals surface area contributed by atoms with Crippen molar-refractivity contribution in [3.63, 3.8) is 0 Å². The van der Waals surface area contributed by atoms with E-state index in [2.05, 4.69) is 11.0 Å². The number of rotatable bonds is 3. The molecule has 18 heavy (non-hydrogen) atoms. The fraction of sp³-hybridized carbons (Fsp3) is 0.500. The van der Waals surface area contributed by atoms with Gasteiger partial charge >= 0.3 is 0 Å². The molecule has 1 aromatic carbocycles. The maximum atomic E-state index is 11.8. The van der Waals surface area contributed by atoms with Crippen LogP contribution in [0.3, 0.4) is 0 Å². The summed E-state index contributed by atoms with van der Waals surface area (Å²) >= 11 is 0. The number of nitrogen functional groups attached to an aromatic ring is 1. The average molecular weight is 247 g/mol. The lowest BCUT2D eigenvalue weighted by Crippen LogP contribution is -2.48. The van der Waals surface area contributed by atoms with Crippen LogP contribution in [0.1, 0.15) is 19.8 Å². The quantitative estimate of drug-likeness (QED) is 0.827. The molecule has 0 atom stereocenters. The number of carbonyl (C=O) groups is 1. The van der Waals surface area contributed by atoms with Gasteiger partial charge in [-0.1, -0.05) is 13.0 Å². The van der Waals surface area contributed by atoms with E-state index in [4.69, 9.17) is 5.73 Å². The second-order valence-electron chi connectivity index (χ2n) is 4.71. The lowest BCUT2D eigenvalue weighted by atomic mass is 10.2. The fourth-order valence-electron chi connectivity index (χ4n) is 2.31. The van der Waals surface area contributed by atoms with E-state index in [0.717, 1.165) is 44.0 Å². The number of anilines is 2. The molecule has 4 heteroatoms. The molecular formula is C14H21N3O. The third-order valence-corrected chi connectivity index (χ3v) is 3.33. The molecule has 0 saturated carbocycles. The molecule has 2 rings (SSSR count). The topological polar surface area (TPSA) is 49.6 Å². The first-order valence-electron chi connectivity index (χ1n) is 6.59. The minimum atomic E-state index is 0.282. The van der Waals surface area contributed by atoms with E-state index in [1.807, 2.05) is 30.0 Å². The first-order valence-corrected chi connectivity index (χ1v) is 6.59. The molecule has 1 heterocycles. The first kappa shape index (κ1) is 12.7. The van der Waals surface area contributed by atoms with Gasteiger partial charge in [0.1, 0.15) is 0 Å². The van der Waals surface area contributed by atoms with E-state index in [1.54, 1.807) is 0 Å². The van der Waals surface area contributed by atoms with Crippen LogP contribution in [0.5, 0.6) is 0 Å². The summed E-state index contributed by atoms with van der Waals surface area (Å²) in [6.45, 7) is 5.44. The van der Waals surface area contributed by atoms with E-state index in [0.29, 0.717) is 6.42 Å². The molecule has 1 fully saturated rings. The van der Waals surface area contributed by atoms with Gasteiger partial charge in [0.05, 0.1) is 0 Å². The molecule has 1 aliphatic heterocycles. The highest BCUT2D eigenvalue weighted by Gasteiger charge is 2.20. The summed E-state index contributed by atoms with van der Waals surface area (Å²) in [7, 11) is 0. The summed E-state index contributed by atoms with van der Waals surface area (Å²) in [4.78, 5) is 16.0. The van der Waals surface area contributed by atoms with Crippen LogP contribution in [0.15, 0.2) is 24.3 Å². The molecule has 1 aromatic rings. The van der Waals surface area contributed by atoms with Crippen LogP contribution in [0, 0.1) is 0 Å². The minimum Gasteiger partial charge on any atom is -0.399 e. The number of nitrogens with zero attached hydrogens (tertiary/aromatic N) is 2. The highest BCUT2D eigenvalue weighted by atomic mass is 16.2. The van der Waals surface area contributed by atoms with Crippen molar-refractivity contribution in [2.24, 2.45) is 0 Å². The van der Waals surface area contributed by atoms with Crippen molar-refractivity contribution in [3.05, 3.63) is 24.3 Å². The average Bonchev–Trinajstić information content (AvgIpc) is 2.39. The van der Waals surface area contributed by atoms with Crippen molar-refractivity contribution in [3.8, 4) is 0 Å². The van der Waals surface area contributed by atoms with Crippen LogP contribution in [-0.2, 0) is 4.79 Å². The van der Waals surface area contributed by atoms with Crippen LogP contribution >= 0.6 is 0 Å². The molecule has 98 valence electrons. The third kappa shape index (κ3) is 2.94. The van der Waals surface area contributed by atoms with E-state index in [-0.39, 0.29) is 5.91 Å². The number of carbonyl (C=O) groups excluding carboxylic acids is 1. The Morgan fingerprint density at radius 2 is 2.00 bits per heavy atom. The number of hydrogen-bond donors (Lipinski definition) is 1. The zero-order chi connectivity index (χ0) is 13.0. The molecule has 0 bridgehead atoms. The second kappa shape index (κ2) is 5.76. The van der Waals surface area contributed by atoms with Gasteiger partial charge in [-0.15, -0.1) is 0 Å². The van der Waals surface area contributed by atoms with Crippen molar-refractivity contribution in [2.75, 3.05) is 36.8 Å². The number of nitrogens with two attached hydrogens (primary N) is 1. The van der Waals surface area contributed by atoms with Gasteiger partial charge < -0.3 is 15.5 Å². The Morgan fingerprint density at radius 1 is 1.28 bits per heavy atom. The molecule has 4 nitrogen and oxygen atoms in total. The number of amides is 1. The lowest BCUT2D eigenvalue weighted by Gasteiger charge is -2.36. The standard InChI is InChI=1S/C14H21N3O/c1-2-4-14(18)17-9-7-16(8-10-17)13-6-3-5-12(15)11-13/h3,5-6,11H,2,4,7-10,15H2,1H3. The predicted molar refractivity (Wildman–Crippen MR) is 74.6 cm³/mol. The zero-order valence-electron chi connectivity index (χ0n) is 10.9. The second-order valence-corrected chi connectivity index (χ2v) is 4.71. The summed E-state index contributed by atoms with van der Waals surface area (Å²) in [5, 5.41) is 0. The van der Waals surface area contributed by atoms with Crippen LogP contribution in [0.2, 0.25) is 0 Å². The van der Waals surface area contributed by atoms with Crippen LogP contribution in [0.4, 0.5) is 11.4 Å². The van der Waals surface area contributed by atoms with Crippen molar-refractivity contribution in [2.45, 2.75) is 19.8 Å². The van der Waals surface area contributed by atoms with Gasteiger partial charge in [-0.2, -0.15) is 0 Å². The Kier molecular flexibility index (Phi) is 4.07. The number of hydrogen-bond acceptors (Lipinski definition) is 3. The number of piperazine rings is 1. The predicted octanol–water partition coefficient (Wildman–Crippen LogP) is 1.72. The SMILES string of the molecule is CCCC(=O)N1CCN(c2cccc(N)c2)CC1.